The van der Waals surface area contributed by atoms with Crippen molar-refractivity contribution in [2.45, 2.75) is 19.7 Å². The van der Waals surface area contributed by atoms with E-state index in [-0.39, 0.29) is 6.61 Å². The Morgan fingerprint density at radius 3 is 2.94 bits per heavy atom. The van der Waals surface area contributed by atoms with Gasteiger partial charge in [0.25, 0.3) is 0 Å². The van der Waals surface area contributed by atoms with Crippen molar-refractivity contribution in [3.05, 3.63) is 36.0 Å². The van der Waals surface area contributed by atoms with Crippen molar-refractivity contribution >= 4 is 0 Å². The number of nitrogens with one attached hydrogen (secondary N) is 1. The molecule has 0 radical (unpaired) electrons. The zero-order valence-corrected chi connectivity index (χ0v) is 8.83. The second kappa shape index (κ2) is 5.43. The molecular formula is C10H14N4O2. The van der Waals surface area contributed by atoms with E-state index in [1.807, 2.05) is 12.3 Å². The van der Waals surface area contributed by atoms with Crippen LogP contribution in [0.5, 0.6) is 0 Å². The first-order chi connectivity index (χ1) is 7.88. The minimum absolute atomic E-state index is 0.0566. The second-order valence-electron chi connectivity index (χ2n) is 3.37. The number of nitrogens with zero attached hydrogens (tertiary/aromatic N) is 3. The molecule has 0 unspecified atom stereocenters. The highest BCUT2D eigenvalue weighted by molar-refractivity contribution is 5.05. The smallest absolute Gasteiger partial charge is 0.129 e. The fourth-order valence-corrected chi connectivity index (χ4v) is 1.36. The molecule has 0 aliphatic heterocycles. The number of aromatic nitrogens is 3. The highest BCUT2D eigenvalue weighted by Gasteiger charge is 2.00. The van der Waals surface area contributed by atoms with E-state index in [1.165, 1.54) is 0 Å². The van der Waals surface area contributed by atoms with Crippen LogP contribution in [0.25, 0.3) is 0 Å². The van der Waals surface area contributed by atoms with E-state index in [0.717, 1.165) is 18.8 Å². The summed E-state index contributed by atoms with van der Waals surface area (Å²) in [7, 11) is 0. The third kappa shape index (κ3) is 2.91. The zero-order valence-electron chi connectivity index (χ0n) is 8.83. The van der Waals surface area contributed by atoms with E-state index < -0.39 is 0 Å². The molecule has 0 aliphatic rings. The first-order valence-corrected chi connectivity index (χ1v) is 5.12. The maximum Gasteiger partial charge on any atom is 0.129 e. The summed E-state index contributed by atoms with van der Waals surface area (Å²) in [6.45, 7) is 2.15. The maximum absolute atomic E-state index is 8.81. The Kier molecular flexibility index (Phi) is 3.68. The average molecular weight is 222 g/mol. The molecule has 2 rings (SSSR count). The summed E-state index contributed by atoms with van der Waals surface area (Å²) in [5.74, 6) is 1.41. The van der Waals surface area contributed by atoms with Gasteiger partial charge in [-0.25, -0.2) is 0 Å². The standard InChI is InChI=1S/C10H14N4O2/c15-8-10-2-1-9(16-10)7-11-3-5-14-6-4-12-13-14/h1-2,4,6,11,15H,3,5,7-8H2. The quantitative estimate of drug-likeness (QED) is 0.680. The third-order valence-corrected chi connectivity index (χ3v) is 2.16. The molecule has 0 fully saturated rings. The van der Waals surface area contributed by atoms with Gasteiger partial charge in [0.15, 0.2) is 0 Å². The predicted octanol–water partition coefficient (Wildman–Crippen LogP) is 0.153. The molecule has 16 heavy (non-hydrogen) atoms. The number of furan rings is 1. The summed E-state index contributed by atoms with van der Waals surface area (Å²) in [5.41, 5.74) is 0. The molecule has 6 nitrogen and oxygen atoms in total. The fourth-order valence-electron chi connectivity index (χ4n) is 1.36. The van der Waals surface area contributed by atoms with Crippen molar-refractivity contribution in [2.75, 3.05) is 6.54 Å². The summed E-state index contributed by atoms with van der Waals surface area (Å²) < 4.78 is 7.08. The number of rotatable bonds is 6. The summed E-state index contributed by atoms with van der Waals surface area (Å²) in [6.07, 6.45) is 3.47. The molecule has 0 spiro atoms. The van der Waals surface area contributed by atoms with Gasteiger partial charge in [-0.2, -0.15) is 0 Å². The topological polar surface area (TPSA) is 76.1 Å². The van der Waals surface area contributed by atoms with Gasteiger partial charge < -0.3 is 14.8 Å². The summed E-state index contributed by atoms with van der Waals surface area (Å²) in [4.78, 5) is 0. The molecule has 6 heteroatoms. The van der Waals surface area contributed by atoms with Crippen LogP contribution in [0.2, 0.25) is 0 Å². The molecule has 0 saturated carbocycles. The normalized spacial score (nSPS) is 10.8. The van der Waals surface area contributed by atoms with E-state index in [9.17, 15) is 0 Å². The lowest BCUT2D eigenvalue weighted by molar-refractivity contribution is 0.242. The van der Waals surface area contributed by atoms with Crippen LogP contribution in [0.3, 0.4) is 0 Å². The monoisotopic (exact) mass is 222 g/mol. The highest BCUT2D eigenvalue weighted by atomic mass is 16.4. The number of hydrogen-bond donors (Lipinski definition) is 2. The van der Waals surface area contributed by atoms with Gasteiger partial charge in [0.05, 0.1) is 19.3 Å². The summed E-state index contributed by atoms with van der Waals surface area (Å²) >= 11 is 0. The van der Waals surface area contributed by atoms with Gasteiger partial charge in [-0.15, -0.1) is 5.10 Å². The van der Waals surface area contributed by atoms with Crippen molar-refractivity contribution < 1.29 is 9.52 Å². The molecule has 0 amide bonds. The van der Waals surface area contributed by atoms with Crippen LogP contribution < -0.4 is 5.32 Å². The molecule has 2 aromatic heterocycles. The molecule has 0 bridgehead atoms. The molecule has 0 aromatic carbocycles. The Balaban J connectivity index is 1.68. The van der Waals surface area contributed by atoms with Gasteiger partial charge in [-0.3, -0.25) is 4.68 Å². The van der Waals surface area contributed by atoms with E-state index in [2.05, 4.69) is 15.6 Å². The fraction of sp³-hybridized carbons (Fsp3) is 0.400. The van der Waals surface area contributed by atoms with Gasteiger partial charge in [0.1, 0.15) is 18.1 Å². The maximum atomic E-state index is 8.81. The average Bonchev–Trinajstić information content (AvgIpc) is 2.95. The molecule has 86 valence electrons. The van der Waals surface area contributed by atoms with Gasteiger partial charge in [0, 0.05) is 12.7 Å². The van der Waals surface area contributed by atoms with E-state index in [0.29, 0.717) is 12.3 Å². The van der Waals surface area contributed by atoms with Crippen LogP contribution >= 0.6 is 0 Å². The minimum atomic E-state index is -0.0566. The molecule has 2 N–H and O–H groups in total. The van der Waals surface area contributed by atoms with Crippen molar-refractivity contribution in [3.63, 3.8) is 0 Å². The summed E-state index contributed by atoms with van der Waals surface area (Å²) in [6, 6.07) is 3.63. The first kappa shape index (κ1) is 10.8. The Morgan fingerprint density at radius 1 is 1.38 bits per heavy atom. The second-order valence-corrected chi connectivity index (χ2v) is 3.37. The number of hydrogen-bond acceptors (Lipinski definition) is 5. The lowest BCUT2D eigenvalue weighted by Gasteiger charge is -2.02. The Labute approximate surface area is 92.9 Å². The third-order valence-electron chi connectivity index (χ3n) is 2.16. The van der Waals surface area contributed by atoms with Gasteiger partial charge >= 0.3 is 0 Å². The SMILES string of the molecule is OCc1ccc(CNCCn2ccnn2)o1. The molecule has 0 atom stereocenters. The van der Waals surface area contributed by atoms with Gasteiger partial charge in [-0.05, 0) is 12.1 Å². The molecular weight excluding hydrogens is 208 g/mol. The number of aliphatic hydroxyl groups excluding tert-OH is 1. The van der Waals surface area contributed by atoms with E-state index >= 15 is 0 Å². The van der Waals surface area contributed by atoms with Crippen molar-refractivity contribution in [2.24, 2.45) is 0 Å². The molecule has 2 aromatic rings. The van der Waals surface area contributed by atoms with Crippen molar-refractivity contribution in [3.8, 4) is 0 Å². The number of aliphatic hydroxyl groups is 1. The molecule has 2 heterocycles. The molecule has 0 saturated heterocycles. The van der Waals surface area contributed by atoms with Crippen LogP contribution in [0.1, 0.15) is 11.5 Å². The van der Waals surface area contributed by atoms with Crippen LogP contribution in [0.15, 0.2) is 28.9 Å². The largest absolute Gasteiger partial charge is 0.462 e. The highest BCUT2D eigenvalue weighted by Crippen LogP contribution is 2.06. The molecule has 0 aliphatic carbocycles. The van der Waals surface area contributed by atoms with Crippen LogP contribution in [0, 0.1) is 0 Å². The van der Waals surface area contributed by atoms with Gasteiger partial charge in [0.2, 0.25) is 0 Å². The van der Waals surface area contributed by atoms with Crippen LogP contribution in [0.4, 0.5) is 0 Å². The van der Waals surface area contributed by atoms with Crippen molar-refractivity contribution in [1.82, 2.24) is 20.3 Å². The first-order valence-electron chi connectivity index (χ1n) is 5.12. The Bertz CT molecular complexity index is 410. The van der Waals surface area contributed by atoms with E-state index in [4.69, 9.17) is 9.52 Å². The van der Waals surface area contributed by atoms with Gasteiger partial charge in [-0.1, -0.05) is 5.21 Å². The minimum Gasteiger partial charge on any atom is -0.462 e. The predicted molar refractivity (Wildman–Crippen MR) is 56.4 cm³/mol. The van der Waals surface area contributed by atoms with E-state index in [1.54, 1.807) is 16.9 Å². The Hall–Kier alpha value is -1.66. The Morgan fingerprint density at radius 2 is 2.25 bits per heavy atom. The van der Waals surface area contributed by atoms with Crippen LogP contribution in [-0.2, 0) is 19.7 Å². The van der Waals surface area contributed by atoms with Crippen molar-refractivity contribution in [1.29, 1.82) is 0 Å². The summed E-state index contributed by atoms with van der Waals surface area (Å²) in [5, 5.41) is 19.6. The lowest BCUT2D eigenvalue weighted by Crippen LogP contribution is -2.19. The zero-order chi connectivity index (χ0) is 11.2. The lowest BCUT2D eigenvalue weighted by atomic mass is 10.4. The van der Waals surface area contributed by atoms with Crippen LogP contribution in [-0.4, -0.2) is 26.6 Å².